The number of halogens is 2. The van der Waals surface area contributed by atoms with Crippen molar-refractivity contribution < 1.29 is 39.5 Å². The number of rotatable bonds is 9. The van der Waals surface area contributed by atoms with E-state index in [1.807, 2.05) is 0 Å². The van der Waals surface area contributed by atoms with Gasteiger partial charge in [-0.3, -0.25) is 4.57 Å². The van der Waals surface area contributed by atoms with Gasteiger partial charge in [-0.1, -0.05) is 30.3 Å². The number of hydrogen-bond acceptors (Lipinski definition) is 10. The number of carboxylic acid groups (broad SMARTS) is 2. The van der Waals surface area contributed by atoms with Crippen LogP contribution in [-0.2, 0) is 25.5 Å². The number of carboxylic acids is 2. The van der Waals surface area contributed by atoms with Crippen molar-refractivity contribution in [3.05, 3.63) is 58.6 Å². The number of ether oxygens (including phenoxy) is 2. The number of aliphatic hydroxyl groups excluding tert-OH is 1. The zero-order chi connectivity index (χ0) is 28.0. The Morgan fingerprint density at radius 3 is 2.58 bits per heavy atom. The first-order chi connectivity index (χ1) is 17.8. The smallest absolute Gasteiger partial charge is 0.348 e. The molecule has 1 aliphatic rings. The molecule has 6 N–H and O–H groups in total. The number of anilines is 1. The second kappa shape index (κ2) is 10.1. The molecule has 202 valence electrons. The minimum atomic E-state index is -2.77. The molecule has 1 fully saturated rings. The highest BCUT2D eigenvalue weighted by molar-refractivity contribution is 6.30. The fraction of sp³-hybridized carbons (Fsp3) is 0.348. The van der Waals surface area contributed by atoms with Gasteiger partial charge in [0.05, 0.1) is 12.9 Å². The van der Waals surface area contributed by atoms with Crippen LogP contribution in [0.4, 0.5) is 5.82 Å². The molecule has 1 aromatic carbocycles. The van der Waals surface area contributed by atoms with E-state index in [0.717, 1.165) is 0 Å². The van der Waals surface area contributed by atoms with Crippen LogP contribution in [0.15, 0.2) is 42.7 Å². The van der Waals surface area contributed by atoms with Crippen LogP contribution in [-0.4, -0.2) is 81.9 Å². The Labute approximate surface area is 225 Å². The largest absolute Gasteiger partial charge is 0.479 e. The molecule has 1 saturated heterocycles. The van der Waals surface area contributed by atoms with Crippen LogP contribution in [0.1, 0.15) is 18.7 Å². The van der Waals surface area contributed by atoms with Crippen LogP contribution in [0.25, 0.3) is 11.2 Å². The van der Waals surface area contributed by atoms with Gasteiger partial charge >= 0.3 is 11.9 Å². The molecule has 38 heavy (non-hydrogen) atoms. The second-order valence-electron chi connectivity index (χ2n) is 8.82. The highest BCUT2D eigenvalue weighted by Gasteiger charge is 2.58. The maximum Gasteiger partial charge on any atom is 0.348 e. The number of aliphatic carboxylic acids is 2. The number of benzene rings is 1. The number of aromatic nitrogens is 4. The molecule has 13 nitrogen and oxygen atoms in total. The maximum absolute atomic E-state index is 12.2. The van der Waals surface area contributed by atoms with Crippen LogP contribution in [0.5, 0.6) is 0 Å². The number of hydrogen-bond donors (Lipinski definition) is 5. The van der Waals surface area contributed by atoms with Crippen molar-refractivity contribution in [1.29, 1.82) is 0 Å². The van der Waals surface area contributed by atoms with Crippen LogP contribution in [0, 0.1) is 0 Å². The van der Waals surface area contributed by atoms with E-state index in [-0.39, 0.29) is 38.4 Å². The van der Waals surface area contributed by atoms with Gasteiger partial charge in [0, 0.05) is 11.4 Å². The average molecular weight is 568 g/mol. The summed E-state index contributed by atoms with van der Waals surface area (Å²) in [6.45, 7) is 4.38. The van der Waals surface area contributed by atoms with Gasteiger partial charge in [-0.15, -0.1) is 0 Å². The quantitative estimate of drug-likeness (QED) is 0.141. The van der Waals surface area contributed by atoms with E-state index in [2.05, 4.69) is 21.5 Å². The predicted octanol–water partition coefficient (Wildman–Crippen LogP) is 1.45. The van der Waals surface area contributed by atoms with Gasteiger partial charge in [0.15, 0.2) is 17.7 Å². The topological polar surface area (TPSA) is 203 Å². The van der Waals surface area contributed by atoms with E-state index < -0.39 is 54.6 Å². The summed E-state index contributed by atoms with van der Waals surface area (Å²) >= 11 is 11.9. The minimum absolute atomic E-state index is 0.0324. The third kappa shape index (κ3) is 4.57. The first-order valence-corrected chi connectivity index (χ1v) is 11.8. The molecule has 0 bridgehead atoms. The summed E-state index contributed by atoms with van der Waals surface area (Å²) in [6.07, 6.45) is -3.87. The number of imidazole rings is 1. The summed E-state index contributed by atoms with van der Waals surface area (Å²) in [4.78, 5) is 36.4. The summed E-state index contributed by atoms with van der Waals surface area (Å²) in [5, 5.41) is 42.5. The van der Waals surface area contributed by atoms with Crippen LogP contribution < -0.4 is 5.73 Å². The molecule has 0 unspecified atom stereocenters. The van der Waals surface area contributed by atoms with Gasteiger partial charge in [-0.2, -0.15) is 9.97 Å². The third-order valence-electron chi connectivity index (χ3n) is 6.41. The van der Waals surface area contributed by atoms with Crippen molar-refractivity contribution in [2.45, 2.75) is 43.0 Å². The molecule has 15 heteroatoms. The molecule has 0 saturated carbocycles. The Balaban J connectivity index is 1.69. The molecular weight excluding hydrogens is 545 g/mol. The number of nitrogens with zero attached hydrogens (tertiary/aromatic N) is 4. The Bertz CT molecular complexity index is 1420. The molecule has 0 amide bonds. The summed E-state index contributed by atoms with van der Waals surface area (Å²) in [7, 11) is 0. The minimum Gasteiger partial charge on any atom is -0.479 e. The first-order valence-electron chi connectivity index (χ1n) is 11.0. The van der Waals surface area contributed by atoms with Crippen molar-refractivity contribution in [3.8, 4) is 0 Å². The summed E-state index contributed by atoms with van der Waals surface area (Å²) in [5.74, 6) is -3.61. The van der Waals surface area contributed by atoms with E-state index in [4.69, 9.17) is 38.4 Å². The molecule has 4 rings (SSSR count). The maximum atomic E-state index is 12.2. The monoisotopic (exact) mass is 567 g/mol. The van der Waals surface area contributed by atoms with E-state index >= 15 is 0 Å². The fourth-order valence-corrected chi connectivity index (χ4v) is 4.72. The van der Waals surface area contributed by atoms with Crippen molar-refractivity contribution in [2.24, 2.45) is 0 Å². The summed E-state index contributed by atoms with van der Waals surface area (Å²) in [6, 6.07) is 5.98. The Morgan fingerprint density at radius 1 is 1.29 bits per heavy atom. The highest BCUT2D eigenvalue weighted by atomic mass is 35.5. The second-order valence-corrected chi connectivity index (χ2v) is 9.60. The number of fused-ring (bicyclic) bond motifs is 1. The lowest BCUT2D eigenvalue weighted by Crippen LogP contribution is -2.55. The predicted molar refractivity (Wildman–Crippen MR) is 134 cm³/mol. The lowest BCUT2D eigenvalue weighted by molar-refractivity contribution is -0.191. The molecular formula is C23H23Cl2N5O8. The van der Waals surface area contributed by atoms with Gasteiger partial charge < -0.3 is 35.6 Å². The van der Waals surface area contributed by atoms with Gasteiger partial charge in [0.25, 0.3) is 5.60 Å². The zero-order valence-corrected chi connectivity index (χ0v) is 21.3. The van der Waals surface area contributed by atoms with Gasteiger partial charge in [-0.25, -0.2) is 14.6 Å². The number of nitrogen functional groups attached to an aromatic ring is 1. The molecule has 2 aromatic heterocycles. The van der Waals surface area contributed by atoms with E-state index in [1.165, 1.54) is 36.0 Å². The first kappa shape index (κ1) is 27.7. The van der Waals surface area contributed by atoms with Gasteiger partial charge in [0.1, 0.15) is 23.3 Å². The van der Waals surface area contributed by atoms with Crippen molar-refractivity contribution in [2.75, 3.05) is 12.3 Å². The van der Waals surface area contributed by atoms with E-state index in [0.29, 0.717) is 0 Å². The zero-order valence-electron chi connectivity index (χ0n) is 19.8. The number of nitrogens with two attached hydrogens (primary N) is 1. The molecule has 3 aromatic rings. The molecule has 1 aliphatic heterocycles. The molecule has 0 radical (unpaired) electrons. The van der Waals surface area contributed by atoms with Gasteiger partial charge in [0.2, 0.25) is 5.28 Å². The standard InChI is InChI=1S/C23H23Cl2N5O8/c1-10(2)23(36)13(8-37-22(19(32)33,20(34)35)7-11-4-3-5-12(24)6-11)38-18(15(23)31)30-9-27-14-16(26)28-21(25)29-17(14)30/h3-6,9,13,15,18,31,36H,1,7-8H2,2H3,(H,32,33)(H,34,35)(H2,26,28,29)/t13-,15+,18-,23-/m1/s1. The fourth-order valence-electron chi connectivity index (χ4n) is 4.33. The highest BCUT2D eigenvalue weighted by Crippen LogP contribution is 2.43. The van der Waals surface area contributed by atoms with E-state index in [9.17, 15) is 30.0 Å². The van der Waals surface area contributed by atoms with Gasteiger partial charge in [-0.05, 0) is 41.8 Å². The van der Waals surface area contributed by atoms with Crippen LogP contribution in [0.3, 0.4) is 0 Å². The Hall–Kier alpha value is -3.33. The van der Waals surface area contributed by atoms with E-state index in [1.54, 1.807) is 6.07 Å². The Morgan fingerprint density at radius 2 is 1.97 bits per heavy atom. The van der Waals surface area contributed by atoms with Crippen LogP contribution >= 0.6 is 23.2 Å². The van der Waals surface area contributed by atoms with Crippen molar-refractivity contribution in [3.63, 3.8) is 0 Å². The average Bonchev–Trinajstić information content (AvgIpc) is 3.36. The molecule has 4 atom stereocenters. The number of aliphatic hydroxyl groups is 2. The normalized spacial score (nSPS) is 23.6. The molecule has 0 aliphatic carbocycles. The third-order valence-corrected chi connectivity index (χ3v) is 6.81. The summed E-state index contributed by atoms with van der Waals surface area (Å²) in [5.41, 5.74) is 1.44. The Kier molecular flexibility index (Phi) is 7.36. The lowest BCUT2D eigenvalue weighted by Gasteiger charge is -2.33. The summed E-state index contributed by atoms with van der Waals surface area (Å²) < 4.78 is 12.6. The molecule has 0 spiro atoms. The van der Waals surface area contributed by atoms with Crippen molar-refractivity contribution in [1.82, 2.24) is 19.5 Å². The SMILES string of the molecule is C=C(C)[C@@]1(O)[C@@H](COC(Cc2cccc(Cl)c2)(C(=O)O)C(=O)O)O[C@@H](n2cnc3c(N)nc(Cl)nc32)[C@@H]1O. The molecule has 3 heterocycles. The van der Waals surface area contributed by atoms with Crippen molar-refractivity contribution >= 4 is 52.1 Å². The number of carbonyl (C=O) groups is 2. The van der Waals surface area contributed by atoms with Crippen LogP contribution in [0.2, 0.25) is 10.3 Å². The lowest BCUT2D eigenvalue weighted by atomic mass is 9.85.